The van der Waals surface area contributed by atoms with Gasteiger partial charge in [0.25, 0.3) is 0 Å². The summed E-state index contributed by atoms with van der Waals surface area (Å²) in [6, 6.07) is 8.66. The summed E-state index contributed by atoms with van der Waals surface area (Å²) < 4.78 is 54.1. The number of alkyl halides is 3. The quantitative estimate of drug-likeness (QED) is 0.412. The maximum Gasteiger partial charge on any atom is 0.572 e. The van der Waals surface area contributed by atoms with E-state index < -0.39 is 24.2 Å². The summed E-state index contributed by atoms with van der Waals surface area (Å²) in [5, 5.41) is 13.1. The van der Waals surface area contributed by atoms with Gasteiger partial charge in [-0.1, -0.05) is 41.9 Å². The van der Waals surface area contributed by atoms with Crippen LogP contribution in [0, 0.1) is 11.8 Å². The molecule has 0 aliphatic heterocycles. The first-order valence-corrected chi connectivity index (χ1v) is 11.4. The molecule has 1 N–H and O–H groups in total. The molecular formula is C26H26F3NO5. The van der Waals surface area contributed by atoms with E-state index in [0.717, 1.165) is 36.0 Å². The molecular weight excluding hydrogens is 463 g/mol. The molecule has 4 rings (SSSR count). The van der Waals surface area contributed by atoms with Crippen LogP contribution in [0.4, 0.5) is 13.2 Å². The Hall–Kier alpha value is -3.49. The lowest BCUT2D eigenvalue weighted by Crippen LogP contribution is -2.28. The van der Waals surface area contributed by atoms with Crippen molar-refractivity contribution in [2.45, 2.75) is 44.9 Å². The molecule has 0 spiro atoms. The second kappa shape index (κ2) is 10.4. The van der Waals surface area contributed by atoms with Crippen LogP contribution in [0.3, 0.4) is 0 Å². The number of allylic oxidation sites excluding steroid dienone is 4. The second-order valence-corrected chi connectivity index (χ2v) is 8.73. The van der Waals surface area contributed by atoms with Gasteiger partial charge in [0.15, 0.2) is 0 Å². The Balaban J connectivity index is 1.47. The standard InChI is InChI=1S/C26H26F3NO5/c1-16-19(8-11-23(35-26(27,28)29)25(16)18-4-2-3-5-18)15-33-20-9-6-17(7-10-20)21(14-24(31)32)22-12-13-34-30-22/h4,6-13,16,21,25H,2-3,5,14-15H2,1H3,(H,31,32)/t16?,21-,25?/m0/s1. The van der Waals surface area contributed by atoms with Gasteiger partial charge in [0.1, 0.15) is 24.4 Å². The van der Waals surface area contributed by atoms with E-state index in [9.17, 15) is 23.1 Å². The van der Waals surface area contributed by atoms with Crippen LogP contribution in [0.15, 0.2) is 76.3 Å². The van der Waals surface area contributed by atoms with Gasteiger partial charge in [-0.2, -0.15) is 0 Å². The third-order valence-corrected chi connectivity index (χ3v) is 6.44. The molecule has 1 aromatic heterocycles. The first-order valence-electron chi connectivity index (χ1n) is 11.4. The summed E-state index contributed by atoms with van der Waals surface area (Å²) >= 11 is 0. The Morgan fingerprint density at radius 1 is 1.23 bits per heavy atom. The number of aromatic nitrogens is 1. The molecule has 0 saturated carbocycles. The molecule has 9 heteroatoms. The topological polar surface area (TPSA) is 81.8 Å². The van der Waals surface area contributed by atoms with Crippen molar-refractivity contribution in [3.8, 4) is 5.75 Å². The first-order chi connectivity index (χ1) is 16.7. The van der Waals surface area contributed by atoms with Crippen molar-refractivity contribution in [2.75, 3.05) is 6.61 Å². The number of nitrogens with zero attached hydrogens (tertiary/aromatic N) is 1. The molecule has 0 bridgehead atoms. The summed E-state index contributed by atoms with van der Waals surface area (Å²) in [4.78, 5) is 11.3. The number of halogens is 3. The van der Waals surface area contributed by atoms with E-state index in [4.69, 9.17) is 9.26 Å². The molecule has 2 aliphatic rings. The maximum absolute atomic E-state index is 13.0. The molecule has 35 heavy (non-hydrogen) atoms. The molecule has 3 atom stereocenters. The smallest absolute Gasteiger partial charge is 0.489 e. The van der Waals surface area contributed by atoms with Crippen LogP contribution < -0.4 is 4.74 Å². The molecule has 2 unspecified atom stereocenters. The normalized spacial score (nSPS) is 21.1. The lowest BCUT2D eigenvalue weighted by atomic mass is 9.77. The number of hydrogen-bond donors (Lipinski definition) is 1. The van der Waals surface area contributed by atoms with Crippen molar-refractivity contribution >= 4 is 5.97 Å². The fourth-order valence-corrected chi connectivity index (χ4v) is 4.73. The van der Waals surface area contributed by atoms with Crippen molar-refractivity contribution in [1.82, 2.24) is 5.16 Å². The second-order valence-electron chi connectivity index (χ2n) is 8.73. The highest BCUT2D eigenvalue weighted by Crippen LogP contribution is 2.43. The third-order valence-electron chi connectivity index (χ3n) is 6.44. The largest absolute Gasteiger partial charge is 0.572 e. The predicted molar refractivity (Wildman–Crippen MR) is 120 cm³/mol. The summed E-state index contributed by atoms with van der Waals surface area (Å²) in [5.74, 6) is -1.61. The Kier molecular flexibility index (Phi) is 7.33. The average molecular weight is 489 g/mol. The van der Waals surface area contributed by atoms with E-state index >= 15 is 0 Å². The zero-order valence-electron chi connectivity index (χ0n) is 19.1. The first kappa shape index (κ1) is 24.6. The fraction of sp³-hybridized carbons (Fsp3) is 0.385. The SMILES string of the molecule is CC1C(COc2ccc([C@H](CC(=O)O)c3ccon3)cc2)=CC=C(OC(F)(F)F)C1C1=CCCC1. The molecule has 0 saturated heterocycles. The minimum Gasteiger partial charge on any atom is -0.489 e. The predicted octanol–water partition coefficient (Wildman–Crippen LogP) is 6.38. The minimum absolute atomic E-state index is 0.0800. The van der Waals surface area contributed by atoms with Gasteiger partial charge >= 0.3 is 12.3 Å². The van der Waals surface area contributed by atoms with Crippen LogP contribution in [0.1, 0.15) is 49.8 Å². The van der Waals surface area contributed by atoms with Crippen LogP contribution >= 0.6 is 0 Å². The average Bonchev–Trinajstić information content (AvgIpc) is 3.51. The maximum atomic E-state index is 13.0. The molecule has 1 aromatic carbocycles. The van der Waals surface area contributed by atoms with Crippen LogP contribution in [0.2, 0.25) is 0 Å². The van der Waals surface area contributed by atoms with E-state index in [1.165, 1.54) is 12.3 Å². The lowest BCUT2D eigenvalue weighted by Gasteiger charge is -2.32. The number of rotatable bonds is 9. The molecule has 1 heterocycles. The summed E-state index contributed by atoms with van der Waals surface area (Å²) in [6.07, 6.45) is 4.11. The minimum atomic E-state index is -4.74. The highest BCUT2D eigenvalue weighted by Gasteiger charge is 2.39. The van der Waals surface area contributed by atoms with Gasteiger partial charge in [-0.25, -0.2) is 0 Å². The third kappa shape index (κ3) is 6.15. The van der Waals surface area contributed by atoms with Crippen molar-refractivity contribution < 1.29 is 37.1 Å². The molecule has 0 radical (unpaired) electrons. The molecule has 6 nitrogen and oxygen atoms in total. The zero-order valence-corrected chi connectivity index (χ0v) is 19.1. The molecule has 0 fully saturated rings. The molecule has 2 aliphatic carbocycles. The van der Waals surface area contributed by atoms with E-state index in [0.29, 0.717) is 11.4 Å². The Bertz CT molecular complexity index is 1120. The van der Waals surface area contributed by atoms with Gasteiger partial charge in [0.2, 0.25) is 0 Å². The van der Waals surface area contributed by atoms with E-state index in [-0.39, 0.29) is 24.7 Å². The van der Waals surface area contributed by atoms with Crippen LogP contribution in [-0.4, -0.2) is 29.2 Å². The Morgan fingerprint density at radius 2 is 2.00 bits per heavy atom. The number of carboxylic acid groups (broad SMARTS) is 1. The van der Waals surface area contributed by atoms with Crippen LogP contribution in [0.5, 0.6) is 5.75 Å². The van der Waals surface area contributed by atoms with Crippen molar-refractivity contribution in [3.63, 3.8) is 0 Å². The van der Waals surface area contributed by atoms with Gasteiger partial charge in [-0.05, 0) is 54.5 Å². The molecule has 186 valence electrons. The molecule has 2 aromatic rings. The number of carboxylic acids is 1. The van der Waals surface area contributed by atoms with Crippen LogP contribution in [0.25, 0.3) is 0 Å². The number of benzene rings is 1. The number of hydrogen-bond acceptors (Lipinski definition) is 5. The summed E-state index contributed by atoms with van der Waals surface area (Å²) in [6.45, 7) is 2.10. The van der Waals surface area contributed by atoms with Gasteiger partial charge in [-0.15, -0.1) is 13.2 Å². The van der Waals surface area contributed by atoms with Crippen LogP contribution in [-0.2, 0) is 9.53 Å². The van der Waals surface area contributed by atoms with Crippen molar-refractivity contribution in [2.24, 2.45) is 11.8 Å². The van der Waals surface area contributed by atoms with Crippen molar-refractivity contribution in [3.05, 3.63) is 83.0 Å². The monoisotopic (exact) mass is 489 g/mol. The Labute approximate surface area is 200 Å². The van der Waals surface area contributed by atoms with Gasteiger partial charge in [0.05, 0.1) is 12.1 Å². The van der Waals surface area contributed by atoms with Crippen molar-refractivity contribution in [1.29, 1.82) is 0 Å². The summed E-state index contributed by atoms with van der Waals surface area (Å²) in [7, 11) is 0. The lowest BCUT2D eigenvalue weighted by molar-refractivity contribution is -0.308. The van der Waals surface area contributed by atoms with Gasteiger partial charge in [-0.3, -0.25) is 4.79 Å². The van der Waals surface area contributed by atoms with E-state index in [1.54, 1.807) is 36.4 Å². The fourth-order valence-electron chi connectivity index (χ4n) is 4.73. The highest BCUT2D eigenvalue weighted by atomic mass is 19.4. The van der Waals surface area contributed by atoms with Gasteiger partial charge in [0, 0.05) is 17.9 Å². The summed E-state index contributed by atoms with van der Waals surface area (Å²) in [5.41, 5.74) is 3.12. The number of carbonyl (C=O) groups is 1. The van der Waals surface area contributed by atoms with E-state index in [1.807, 2.05) is 13.0 Å². The number of aliphatic carboxylic acids is 1. The van der Waals surface area contributed by atoms with Gasteiger partial charge < -0.3 is 19.1 Å². The Morgan fingerprint density at radius 3 is 2.60 bits per heavy atom. The number of ether oxygens (including phenoxy) is 2. The van der Waals surface area contributed by atoms with E-state index in [2.05, 4.69) is 9.89 Å². The zero-order chi connectivity index (χ0) is 25.0. The highest BCUT2D eigenvalue weighted by molar-refractivity contribution is 5.68. The molecule has 0 amide bonds.